The zero-order valence-electron chi connectivity index (χ0n) is 14.1. The number of carboxylic acids is 1. The first-order valence-corrected chi connectivity index (χ1v) is 7.80. The van der Waals surface area contributed by atoms with E-state index in [2.05, 4.69) is 15.5 Å². The molecule has 0 aliphatic carbocycles. The highest BCUT2D eigenvalue weighted by Gasteiger charge is 2.16. The highest BCUT2D eigenvalue weighted by atomic mass is 19.1. The molecule has 7 heteroatoms. The second kappa shape index (κ2) is 6.43. The largest absolute Gasteiger partial charge is 0.478 e. The van der Waals surface area contributed by atoms with Gasteiger partial charge in [0.05, 0.1) is 11.3 Å². The van der Waals surface area contributed by atoms with Crippen molar-refractivity contribution in [2.75, 3.05) is 0 Å². The van der Waals surface area contributed by atoms with Gasteiger partial charge in [-0.1, -0.05) is 26.0 Å². The van der Waals surface area contributed by atoms with Crippen LogP contribution in [-0.4, -0.2) is 31.3 Å². The van der Waals surface area contributed by atoms with Gasteiger partial charge in [-0.05, 0) is 52.7 Å². The lowest BCUT2D eigenvalue weighted by atomic mass is 10.00. The van der Waals surface area contributed by atoms with Crippen molar-refractivity contribution in [3.05, 3.63) is 59.2 Å². The molecule has 1 aromatic heterocycles. The molecule has 1 heterocycles. The van der Waals surface area contributed by atoms with Crippen molar-refractivity contribution in [2.24, 2.45) is 0 Å². The third-order valence-corrected chi connectivity index (χ3v) is 3.85. The molecule has 0 fully saturated rings. The van der Waals surface area contributed by atoms with Crippen molar-refractivity contribution < 1.29 is 14.3 Å². The minimum absolute atomic E-state index is 0.0395. The molecular weight excluding hydrogens is 323 g/mol. The number of nitrogens with zero attached hydrogens (tertiary/aromatic N) is 4. The van der Waals surface area contributed by atoms with E-state index in [4.69, 9.17) is 0 Å². The number of aromatic nitrogens is 4. The van der Waals surface area contributed by atoms with Crippen LogP contribution in [0.5, 0.6) is 0 Å². The molecule has 3 rings (SSSR count). The summed E-state index contributed by atoms with van der Waals surface area (Å²) in [6, 6.07) is 9.43. The lowest BCUT2D eigenvalue weighted by Crippen LogP contribution is -2.07. The number of carbonyl (C=O) groups is 1. The predicted octanol–water partition coefficient (Wildman–Crippen LogP) is 3.60. The van der Waals surface area contributed by atoms with Crippen molar-refractivity contribution >= 4 is 5.97 Å². The Labute approximate surface area is 143 Å². The van der Waals surface area contributed by atoms with Gasteiger partial charge >= 0.3 is 5.97 Å². The fourth-order valence-corrected chi connectivity index (χ4v) is 2.60. The van der Waals surface area contributed by atoms with Gasteiger partial charge in [0.2, 0.25) is 0 Å². The smallest absolute Gasteiger partial charge is 0.335 e. The van der Waals surface area contributed by atoms with E-state index >= 15 is 0 Å². The van der Waals surface area contributed by atoms with Gasteiger partial charge in [-0.25, -0.2) is 9.18 Å². The molecule has 1 N–H and O–H groups in total. The number of tetrazole rings is 1. The van der Waals surface area contributed by atoms with Crippen LogP contribution in [0.3, 0.4) is 0 Å². The van der Waals surface area contributed by atoms with Crippen molar-refractivity contribution in [3.63, 3.8) is 0 Å². The van der Waals surface area contributed by atoms with Gasteiger partial charge in [-0.15, -0.1) is 5.10 Å². The summed E-state index contributed by atoms with van der Waals surface area (Å²) >= 11 is 0. The van der Waals surface area contributed by atoms with Crippen LogP contribution >= 0.6 is 0 Å². The van der Waals surface area contributed by atoms with Crippen molar-refractivity contribution in [1.82, 2.24) is 20.2 Å². The first-order chi connectivity index (χ1) is 11.9. The molecule has 25 heavy (non-hydrogen) atoms. The van der Waals surface area contributed by atoms with Crippen LogP contribution in [0.25, 0.3) is 16.8 Å². The lowest BCUT2D eigenvalue weighted by molar-refractivity contribution is 0.0697. The maximum atomic E-state index is 14.4. The zero-order chi connectivity index (χ0) is 18.1. The van der Waals surface area contributed by atoms with Crippen molar-refractivity contribution in [3.8, 4) is 16.8 Å². The van der Waals surface area contributed by atoms with E-state index in [1.54, 1.807) is 25.1 Å². The molecule has 2 aromatic carbocycles. The maximum Gasteiger partial charge on any atom is 0.335 e. The topological polar surface area (TPSA) is 80.9 Å². The number of benzene rings is 2. The summed E-state index contributed by atoms with van der Waals surface area (Å²) in [6.07, 6.45) is 0. The maximum absolute atomic E-state index is 14.4. The highest BCUT2D eigenvalue weighted by Crippen LogP contribution is 2.28. The molecule has 6 nitrogen and oxygen atoms in total. The van der Waals surface area contributed by atoms with Crippen LogP contribution < -0.4 is 0 Å². The van der Waals surface area contributed by atoms with Gasteiger partial charge in [0.25, 0.3) is 0 Å². The fraction of sp³-hybridized carbons (Fsp3) is 0.222. The van der Waals surface area contributed by atoms with Crippen molar-refractivity contribution in [2.45, 2.75) is 26.7 Å². The Hall–Kier alpha value is -3.09. The minimum atomic E-state index is -1.10. The normalized spacial score (nSPS) is 11.1. The van der Waals surface area contributed by atoms with E-state index in [0.29, 0.717) is 22.6 Å². The number of halogens is 1. The Balaban J connectivity index is 2.22. The summed E-state index contributed by atoms with van der Waals surface area (Å²) in [5.41, 5.74) is 2.09. The van der Waals surface area contributed by atoms with Crippen LogP contribution in [0.15, 0.2) is 36.4 Å². The molecule has 0 saturated heterocycles. The average Bonchev–Trinajstić information content (AvgIpc) is 3.04. The summed E-state index contributed by atoms with van der Waals surface area (Å²) in [6.45, 7) is 5.66. The van der Waals surface area contributed by atoms with E-state index in [-0.39, 0.29) is 11.5 Å². The molecule has 0 aliphatic heterocycles. The number of aryl methyl sites for hydroxylation is 1. The highest BCUT2D eigenvalue weighted by molar-refractivity contribution is 5.90. The molecule has 128 valence electrons. The quantitative estimate of drug-likeness (QED) is 0.785. The number of hydrogen-bond acceptors (Lipinski definition) is 4. The molecule has 0 unspecified atom stereocenters. The SMILES string of the molecule is Cc1ccc(-c2cc(C(=O)O)cc(-n3nnnc3C(C)C)c2)c(F)c1. The van der Waals surface area contributed by atoms with Crippen LogP contribution in [-0.2, 0) is 0 Å². The number of carboxylic acid groups (broad SMARTS) is 1. The van der Waals surface area contributed by atoms with E-state index < -0.39 is 11.8 Å². The summed E-state index contributed by atoms with van der Waals surface area (Å²) in [7, 11) is 0. The summed E-state index contributed by atoms with van der Waals surface area (Å²) in [5, 5.41) is 21.0. The Morgan fingerprint density at radius 2 is 1.96 bits per heavy atom. The number of rotatable bonds is 4. The summed E-state index contributed by atoms with van der Waals surface area (Å²) in [5.74, 6) is -0.870. The molecule has 0 radical (unpaired) electrons. The lowest BCUT2D eigenvalue weighted by Gasteiger charge is -2.11. The van der Waals surface area contributed by atoms with Crippen LogP contribution in [0.2, 0.25) is 0 Å². The second-order valence-electron chi connectivity index (χ2n) is 6.16. The molecule has 0 bridgehead atoms. The Morgan fingerprint density at radius 3 is 2.60 bits per heavy atom. The van der Waals surface area contributed by atoms with Crippen LogP contribution in [0.1, 0.15) is 41.5 Å². The van der Waals surface area contributed by atoms with E-state index in [9.17, 15) is 14.3 Å². The Morgan fingerprint density at radius 1 is 1.20 bits per heavy atom. The average molecular weight is 340 g/mol. The van der Waals surface area contributed by atoms with Gasteiger partial charge in [0, 0.05) is 11.5 Å². The Bertz CT molecular complexity index is 950. The molecule has 0 atom stereocenters. The molecule has 0 amide bonds. The minimum Gasteiger partial charge on any atom is -0.478 e. The van der Waals surface area contributed by atoms with Crippen LogP contribution in [0, 0.1) is 12.7 Å². The van der Waals surface area contributed by atoms with Gasteiger partial charge in [0.1, 0.15) is 5.82 Å². The third-order valence-electron chi connectivity index (χ3n) is 3.85. The van der Waals surface area contributed by atoms with Crippen LogP contribution in [0.4, 0.5) is 4.39 Å². The third kappa shape index (κ3) is 3.26. The second-order valence-corrected chi connectivity index (χ2v) is 6.16. The fourth-order valence-electron chi connectivity index (χ4n) is 2.60. The van der Waals surface area contributed by atoms with Gasteiger partial charge in [0.15, 0.2) is 5.82 Å². The molecular formula is C18H17FN4O2. The van der Waals surface area contributed by atoms with Gasteiger partial charge in [-0.2, -0.15) is 4.68 Å². The first kappa shape index (κ1) is 16.8. The van der Waals surface area contributed by atoms with Gasteiger partial charge < -0.3 is 5.11 Å². The van der Waals surface area contributed by atoms with Crippen molar-refractivity contribution in [1.29, 1.82) is 0 Å². The number of hydrogen-bond donors (Lipinski definition) is 1. The Kier molecular flexibility index (Phi) is 4.31. The van der Waals surface area contributed by atoms with E-state index in [1.165, 1.54) is 22.9 Å². The molecule has 3 aromatic rings. The number of aromatic carboxylic acids is 1. The standard InChI is InChI=1S/C18H17FN4O2/c1-10(2)17-20-21-22-23(17)14-8-12(7-13(9-14)18(24)25)15-5-4-11(3)6-16(15)19/h4-10H,1-3H3,(H,24,25). The van der Waals surface area contributed by atoms with E-state index in [0.717, 1.165) is 5.56 Å². The summed E-state index contributed by atoms with van der Waals surface area (Å²) < 4.78 is 15.8. The molecule has 0 aliphatic rings. The molecule has 0 saturated carbocycles. The van der Waals surface area contributed by atoms with E-state index in [1.807, 2.05) is 13.8 Å². The monoisotopic (exact) mass is 340 g/mol. The predicted molar refractivity (Wildman–Crippen MR) is 90.3 cm³/mol. The zero-order valence-corrected chi connectivity index (χ0v) is 14.1. The summed E-state index contributed by atoms with van der Waals surface area (Å²) in [4.78, 5) is 11.5. The molecule has 0 spiro atoms. The van der Waals surface area contributed by atoms with Gasteiger partial charge in [-0.3, -0.25) is 0 Å². The first-order valence-electron chi connectivity index (χ1n) is 7.80.